The van der Waals surface area contributed by atoms with Crippen molar-refractivity contribution in [1.82, 2.24) is 10.6 Å². The van der Waals surface area contributed by atoms with E-state index in [0.717, 1.165) is 12.8 Å². The Kier molecular flexibility index (Phi) is 8.86. The van der Waals surface area contributed by atoms with Crippen molar-refractivity contribution in [2.24, 2.45) is 5.92 Å². The normalized spacial score (nSPS) is 19.5. The number of carbonyl (C=O) groups excluding carboxylic acids is 4. The molecule has 2 rings (SSSR count). The predicted molar refractivity (Wildman–Crippen MR) is 114 cm³/mol. The molecule has 0 aromatic heterocycles. The van der Waals surface area contributed by atoms with E-state index in [1.165, 1.54) is 6.92 Å². The third kappa shape index (κ3) is 6.43. The molecule has 1 unspecified atom stereocenters. The number of hydrogen-bond donors (Lipinski definition) is 2. The maximum absolute atomic E-state index is 12.9. The second-order valence-electron chi connectivity index (χ2n) is 7.98. The summed E-state index contributed by atoms with van der Waals surface area (Å²) in [4.78, 5) is 48.4. The zero-order valence-electron chi connectivity index (χ0n) is 18.0. The van der Waals surface area contributed by atoms with Gasteiger partial charge in [-0.2, -0.15) is 0 Å². The summed E-state index contributed by atoms with van der Waals surface area (Å²) in [6.45, 7) is 4.23. The highest BCUT2D eigenvalue weighted by molar-refractivity contribution is 6.31. The number of halogens is 1. The van der Waals surface area contributed by atoms with Crippen LogP contribution in [-0.4, -0.2) is 43.1 Å². The fraction of sp³-hybridized carbons (Fsp3) is 0.545. The molecule has 31 heavy (non-hydrogen) atoms. The van der Waals surface area contributed by atoms with Crippen LogP contribution in [0.25, 0.3) is 0 Å². The molecule has 1 aliphatic carbocycles. The zero-order valence-corrected chi connectivity index (χ0v) is 18.8. The van der Waals surface area contributed by atoms with E-state index in [4.69, 9.17) is 21.1 Å². The minimum atomic E-state index is -0.916. The van der Waals surface area contributed by atoms with Crippen LogP contribution in [0.5, 0.6) is 0 Å². The van der Waals surface area contributed by atoms with E-state index >= 15 is 0 Å². The summed E-state index contributed by atoms with van der Waals surface area (Å²) in [6, 6.07) is 6.27. The van der Waals surface area contributed by atoms with Crippen molar-refractivity contribution in [1.29, 1.82) is 0 Å². The smallest absolute Gasteiger partial charge is 0.410 e. The third-order valence-electron chi connectivity index (χ3n) is 5.39. The Morgan fingerprint density at radius 1 is 1.16 bits per heavy atom. The topological polar surface area (TPSA) is 111 Å². The molecule has 8 nitrogen and oxygen atoms in total. The van der Waals surface area contributed by atoms with Crippen LogP contribution in [0.2, 0.25) is 5.02 Å². The standard InChI is InChI=1S/C22H29ClN2O6/c1-14(2)19(25-15(3)26)20(28)30-13-31-21(29)24-12-22(11-7-6-10-18(22)27)16-8-4-5-9-17(16)23/h4-5,8-9,14,19H,6-7,10-13H2,1-3H3,(H,24,29)(H,25,26)/t19-,22?/m0/s1. The molecule has 1 saturated carbocycles. The Hall–Kier alpha value is -2.61. The monoisotopic (exact) mass is 452 g/mol. The van der Waals surface area contributed by atoms with Gasteiger partial charge >= 0.3 is 12.1 Å². The molecule has 0 heterocycles. The first-order valence-electron chi connectivity index (χ1n) is 10.3. The fourth-order valence-corrected chi connectivity index (χ4v) is 4.05. The number of alkyl carbamates (subject to hydrolysis) is 1. The second kappa shape index (κ2) is 11.1. The van der Waals surface area contributed by atoms with Gasteiger partial charge in [0.2, 0.25) is 12.7 Å². The van der Waals surface area contributed by atoms with Crippen LogP contribution in [0.15, 0.2) is 24.3 Å². The summed E-state index contributed by atoms with van der Waals surface area (Å²) < 4.78 is 9.89. The number of carbonyl (C=O) groups is 4. The van der Waals surface area contributed by atoms with E-state index in [1.54, 1.807) is 32.0 Å². The van der Waals surface area contributed by atoms with E-state index < -0.39 is 30.3 Å². The Labute approximate surface area is 187 Å². The van der Waals surface area contributed by atoms with E-state index in [2.05, 4.69) is 10.6 Å². The predicted octanol–water partition coefficient (Wildman–Crippen LogP) is 3.11. The summed E-state index contributed by atoms with van der Waals surface area (Å²) in [5, 5.41) is 5.58. The molecular weight excluding hydrogens is 424 g/mol. The van der Waals surface area contributed by atoms with Gasteiger partial charge in [-0.25, -0.2) is 9.59 Å². The fourth-order valence-electron chi connectivity index (χ4n) is 3.73. The summed E-state index contributed by atoms with van der Waals surface area (Å²) in [5.74, 6) is -1.24. The first kappa shape index (κ1) is 24.7. The molecule has 0 spiro atoms. The van der Waals surface area contributed by atoms with Crippen LogP contribution in [0, 0.1) is 5.92 Å². The molecule has 0 bridgehead atoms. The number of rotatable bonds is 8. The summed E-state index contributed by atoms with van der Waals surface area (Å²) in [6.07, 6.45) is 1.80. The number of benzene rings is 1. The highest BCUT2D eigenvalue weighted by atomic mass is 35.5. The minimum absolute atomic E-state index is 0.0219. The summed E-state index contributed by atoms with van der Waals surface area (Å²) >= 11 is 6.35. The van der Waals surface area contributed by atoms with Gasteiger partial charge in [-0.3, -0.25) is 9.59 Å². The maximum atomic E-state index is 12.9. The largest absolute Gasteiger partial charge is 0.426 e. The average Bonchev–Trinajstić information content (AvgIpc) is 2.71. The molecule has 0 saturated heterocycles. The van der Waals surface area contributed by atoms with E-state index in [9.17, 15) is 19.2 Å². The van der Waals surface area contributed by atoms with Crippen LogP contribution in [0.3, 0.4) is 0 Å². The van der Waals surface area contributed by atoms with Crippen molar-refractivity contribution >= 4 is 35.4 Å². The number of ketones is 1. The van der Waals surface area contributed by atoms with Gasteiger partial charge in [0.25, 0.3) is 0 Å². The SMILES string of the molecule is CC(=O)N[C@H](C(=O)OCOC(=O)NCC1(c2ccccc2Cl)CCCCC1=O)C(C)C. The Morgan fingerprint density at radius 3 is 2.48 bits per heavy atom. The molecule has 2 atom stereocenters. The second-order valence-corrected chi connectivity index (χ2v) is 8.39. The van der Waals surface area contributed by atoms with Gasteiger partial charge in [0.1, 0.15) is 11.8 Å². The van der Waals surface area contributed by atoms with Gasteiger partial charge in [-0.05, 0) is 30.4 Å². The molecule has 1 aromatic carbocycles. The number of hydrogen-bond acceptors (Lipinski definition) is 6. The van der Waals surface area contributed by atoms with Crippen LogP contribution < -0.4 is 10.6 Å². The molecule has 1 aliphatic rings. The third-order valence-corrected chi connectivity index (χ3v) is 5.72. The van der Waals surface area contributed by atoms with Crippen molar-refractivity contribution in [2.45, 2.75) is 57.9 Å². The summed E-state index contributed by atoms with van der Waals surface area (Å²) in [7, 11) is 0. The highest BCUT2D eigenvalue weighted by Gasteiger charge is 2.43. The Morgan fingerprint density at radius 2 is 1.87 bits per heavy atom. The number of esters is 1. The summed E-state index contributed by atoms with van der Waals surface area (Å²) in [5.41, 5.74) is -0.233. The van der Waals surface area contributed by atoms with Crippen molar-refractivity contribution < 1.29 is 28.7 Å². The molecular formula is C22H29ClN2O6. The zero-order chi connectivity index (χ0) is 23.0. The molecule has 1 aromatic rings. The van der Waals surface area contributed by atoms with Crippen molar-refractivity contribution in [3.63, 3.8) is 0 Å². The van der Waals surface area contributed by atoms with Gasteiger partial charge in [0, 0.05) is 24.9 Å². The molecule has 9 heteroatoms. The number of Topliss-reactive ketones (excluding diaryl/α,β-unsaturated/α-hetero) is 1. The van der Waals surface area contributed by atoms with Crippen LogP contribution in [-0.2, 0) is 29.3 Å². The van der Waals surface area contributed by atoms with Crippen LogP contribution >= 0.6 is 11.6 Å². The van der Waals surface area contributed by atoms with Crippen LogP contribution in [0.4, 0.5) is 4.79 Å². The van der Waals surface area contributed by atoms with E-state index in [1.807, 2.05) is 6.07 Å². The first-order valence-corrected chi connectivity index (χ1v) is 10.7. The van der Waals surface area contributed by atoms with E-state index in [-0.39, 0.29) is 24.2 Å². The minimum Gasteiger partial charge on any atom is -0.426 e. The highest BCUT2D eigenvalue weighted by Crippen LogP contribution is 2.39. The lowest BCUT2D eigenvalue weighted by molar-refractivity contribution is -0.156. The van der Waals surface area contributed by atoms with Gasteiger partial charge in [-0.1, -0.05) is 50.1 Å². The van der Waals surface area contributed by atoms with Gasteiger partial charge < -0.3 is 20.1 Å². The Balaban J connectivity index is 1.95. The lowest BCUT2D eigenvalue weighted by Crippen LogP contribution is -2.48. The molecule has 2 amide bonds. The molecule has 0 aliphatic heterocycles. The van der Waals surface area contributed by atoms with Gasteiger partial charge in [0.05, 0.1) is 5.41 Å². The van der Waals surface area contributed by atoms with E-state index in [0.29, 0.717) is 23.4 Å². The number of amides is 2. The maximum Gasteiger partial charge on any atom is 0.410 e. The lowest BCUT2D eigenvalue weighted by atomic mass is 9.68. The first-order chi connectivity index (χ1) is 14.7. The lowest BCUT2D eigenvalue weighted by Gasteiger charge is -2.36. The van der Waals surface area contributed by atoms with Crippen molar-refractivity contribution in [3.8, 4) is 0 Å². The van der Waals surface area contributed by atoms with Gasteiger partial charge in [0.15, 0.2) is 0 Å². The van der Waals surface area contributed by atoms with Gasteiger partial charge in [-0.15, -0.1) is 0 Å². The van der Waals surface area contributed by atoms with Crippen molar-refractivity contribution in [3.05, 3.63) is 34.9 Å². The average molecular weight is 453 g/mol. The molecule has 170 valence electrons. The number of ether oxygens (including phenoxy) is 2. The molecule has 2 N–H and O–H groups in total. The number of nitrogens with one attached hydrogen (secondary N) is 2. The Bertz CT molecular complexity index is 828. The van der Waals surface area contributed by atoms with Crippen LogP contribution in [0.1, 0.15) is 52.0 Å². The molecule has 0 radical (unpaired) electrons. The quantitative estimate of drug-likeness (QED) is 0.463. The molecule has 1 fully saturated rings. The van der Waals surface area contributed by atoms with Crippen molar-refractivity contribution in [2.75, 3.05) is 13.3 Å².